The number of hydrogen-bond acceptors (Lipinski definition) is 4. The van der Waals surface area contributed by atoms with Gasteiger partial charge in [0.2, 0.25) is 5.91 Å². The number of ether oxygens (including phenoxy) is 1. The first-order valence-corrected chi connectivity index (χ1v) is 10.3. The van der Waals surface area contributed by atoms with Crippen LogP contribution < -0.4 is 5.32 Å². The first-order valence-electron chi connectivity index (χ1n) is 10.3. The number of alkyl carbamates (subject to hydrolysis) is 1. The van der Waals surface area contributed by atoms with Gasteiger partial charge in [-0.2, -0.15) is 0 Å². The Morgan fingerprint density at radius 3 is 2.25 bits per heavy atom. The summed E-state index contributed by atoms with van der Waals surface area (Å²) in [6, 6.07) is -0.869. The summed E-state index contributed by atoms with van der Waals surface area (Å²) < 4.78 is 5.34. The van der Waals surface area contributed by atoms with Crippen molar-refractivity contribution in [2.75, 3.05) is 6.54 Å². The molecule has 1 aliphatic carbocycles. The molecular formula is C21H36N2O5. The quantitative estimate of drug-likeness (QED) is 0.759. The maximum Gasteiger partial charge on any atom is 0.408 e. The molecule has 28 heavy (non-hydrogen) atoms. The number of nitrogens with zero attached hydrogens (tertiary/aromatic N) is 1. The number of carboxylic acids is 1. The summed E-state index contributed by atoms with van der Waals surface area (Å²) in [4.78, 5) is 39.9. The van der Waals surface area contributed by atoms with Crippen LogP contribution in [0.2, 0.25) is 0 Å². The van der Waals surface area contributed by atoms with Crippen molar-refractivity contribution < 1.29 is 24.2 Å². The standard InChI is InChI=1S/C21H36N2O5/c1-8-21(17(25)26)14-11-9-10-13(14)12-23(21)16(24)15(19(2,3)4)22-18(27)28-20(5,6)7/h13-15H,8-12H2,1-7H3,(H,22,27)(H,25,26)/t13-,14-,15+,21+/m0/s1. The Hall–Kier alpha value is -1.79. The van der Waals surface area contributed by atoms with E-state index in [9.17, 15) is 19.5 Å². The molecule has 0 bridgehead atoms. The molecule has 160 valence electrons. The molecule has 7 nitrogen and oxygen atoms in total. The highest BCUT2D eigenvalue weighted by Gasteiger charge is 2.61. The molecule has 2 amide bonds. The van der Waals surface area contributed by atoms with Gasteiger partial charge in [-0.3, -0.25) is 4.79 Å². The van der Waals surface area contributed by atoms with Gasteiger partial charge in [0.05, 0.1) is 0 Å². The fourth-order valence-corrected chi connectivity index (χ4v) is 4.88. The minimum Gasteiger partial charge on any atom is -0.479 e. The van der Waals surface area contributed by atoms with Crippen LogP contribution in [-0.4, -0.2) is 51.7 Å². The molecule has 0 unspecified atom stereocenters. The van der Waals surface area contributed by atoms with Crippen molar-refractivity contribution in [3.8, 4) is 0 Å². The minimum atomic E-state index is -1.20. The first-order chi connectivity index (χ1) is 12.7. The third kappa shape index (κ3) is 4.13. The second-order valence-electron chi connectivity index (χ2n) is 10.3. The Kier molecular flexibility index (Phi) is 6.07. The van der Waals surface area contributed by atoms with Crippen LogP contribution in [0, 0.1) is 17.3 Å². The fourth-order valence-electron chi connectivity index (χ4n) is 4.88. The maximum absolute atomic E-state index is 13.6. The van der Waals surface area contributed by atoms with E-state index in [1.165, 1.54) is 4.90 Å². The van der Waals surface area contributed by atoms with Gasteiger partial charge < -0.3 is 20.1 Å². The van der Waals surface area contributed by atoms with Crippen molar-refractivity contribution in [2.45, 2.75) is 91.3 Å². The van der Waals surface area contributed by atoms with Crippen LogP contribution in [-0.2, 0) is 14.3 Å². The summed E-state index contributed by atoms with van der Waals surface area (Å²) >= 11 is 0. The van der Waals surface area contributed by atoms with Crippen molar-refractivity contribution in [3.63, 3.8) is 0 Å². The number of aliphatic carboxylic acids is 1. The third-order valence-electron chi connectivity index (χ3n) is 6.12. The second-order valence-corrected chi connectivity index (χ2v) is 10.3. The number of carbonyl (C=O) groups is 3. The number of likely N-dealkylation sites (tertiary alicyclic amines) is 1. The molecule has 0 aromatic rings. The average molecular weight is 397 g/mol. The van der Waals surface area contributed by atoms with Gasteiger partial charge in [-0.1, -0.05) is 34.1 Å². The van der Waals surface area contributed by atoms with Crippen LogP contribution in [0.3, 0.4) is 0 Å². The highest BCUT2D eigenvalue weighted by molar-refractivity contribution is 5.93. The van der Waals surface area contributed by atoms with Crippen molar-refractivity contribution in [2.24, 2.45) is 17.3 Å². The first kappa shape index (κ1) is 22.5. The molecule has 1 heterocycles. The molecular weight excluding hydrogens is 360 g/mol. The lowest BCUT2D eigenvalue weighted by molar-refractivity contribution is -0.161. The zero-order valence-electron chi connectivity index (χ0n) is 18.3. The maximum atomic E-state index is 13.6. The van der Waals surface area contributed by atoms with Crippen molar-refractivity contribution in [1.29, 1.82) is 0 Å². The average Bonchev–Trinajstić information content (AvgIpc) is 3.08. The van der Waals surface area contributed by atoms with Gasteiger partial charge in [-0.15, -0.1) is 0 Å². The molecule has 1 saturated carbocycles. The van der Waals surface area contributed by atoms with E-state index in [-0.39, 0.29) is 17.7 Å². The predicted molar refractivity (Wildman–Crippen MR) is 106 cm³/mol. The number of amides is 2. The topological polar surface area (TPSA) is 95.9 Å². The Labute approximate surface area is 168 Å². The largest absolute Gasteiger partial charge is 0.479 e. The van der Waals surface area contributed by atoms with Crippen molar-refractivity contribution in [1.82, 2.24) is 10.2 Å². The summed E-state index contributed by atoms with van der Waals surface area (Å²) in [6.07, 6.45) is 2.47. The number of carboxylic acid groups (broad SMARTS) is 1. The molecule has 0 aromatic carbocycles. The summed E-state index contributed by atoms with van der Waals surface area (Å²) in [5, 5.41) is 12.9. The summed E-state index contributed by atoms with van der Waals surface area (Å²) in [5.41, 5.74) is -2.48. The highest BCUT2D eigenvalue weighted by Crippen LogP contribution is 2.50. The van der Waals surface area contributed by atoms with E-state index in [0.29, 0.717) is 13.0 Å². The lowest BCUT2D eigenvalue weighted by Crippen LogP contribution is -2.63. The molecule has 2 N–H and O–H groups in total. The molecule has 7 heteroatoms. The Balaban J connectivity index is 2.35. The zero-order chi connectivity index (χ0) is 21.5. The third-order valence-corrected chi connectivity index (χ3v) is 6.12. The fraction of sp³-hybridized carbons (Fsp3) is 0.857. The van der Waals surface area contributed by atoms with Gasteiger partial charge in [0.25, 0.3) is 0 Å². The van der Waals surface area contributed by atoms with Gasteiger partial charge in [0.1, 0.15) is 17.2 Å². The second kappa shape index (κ2) is 7.56. The smallest absolute Gasteiger partial charge is 0.408 e. The Morgan fingerprint density at radius 1 is 1.18 bits per heavy atom. The van der Waals surface area contributed by atoms with Crippen LogP contribution >= 0.6 is 0 Å². The number of hydrogen-bond donors (Lipinski definition) is 2. The molecule has 0 aromatic heterocycles. The zero-order valence-corrected chi connectivity index (χ0v) is 18.3. The molecule has 2 aliphatic rings. The summed E-state index contributed by atoms with van der Waals surface area (Å²) in [7, 11) is 0. The molecule has 1 aliphatic heterocycles. The minimum absolute atomic E-state index is 0.0268. The number of rotatable bonds is 4. The lowest BCUT2D eigenvalue weighted by atomic mass is 9.78. The molecule has 2 fully saturated rings. The predicted octanol–water partition coefficient (Wildman–Crippen LogP) is 3.42. The molecule has 1 saturated heterocycles. The lowest BCUT2D eigenvalue weighted by Gasteiger charge is -2.42. The van der Waals surface area contributed by atoms with Gasteiger partial charge in [0.15, 0.2) is 0 Å². The van der Waals surface area contributed by atoms with Gasteiger partial charge >= 0.3 is 12.1 Å². The summed E-state index contributed by atoms with van der Waals surface area (Å²) in [6.45, 7) is 13.1. The summed E-state index contributed by atoms with van der Waals surface area (Å²) in [5.74, 6) is -1.09. The van der Waals surface area contributed by atoms with E-state index >= 15 is 0 Å². The van der Waals surface area contributed by atoms with Gasteiger partial charge in [0, 0.05) is 6.54 Å². The van der Waals surface area contributed by atoms with Crippen molar-refractivity contribution >= 4 is 18.0 Å². The number of nitrogens with one attached hydrogen (secondary N) is 1. The normalized spacial score (nSPS) is 28.6. The SMILES string of the molecule is CC[C@]1(C(=O)O)[C@H]2CCC[C@H]2CN1C(=O)[C@@H](NC(=O)OC(C)(C)C)C(C)(C)C. The Bertz CT molecular complexity index is 634. The van der Waals surface area contributed by atoms with E-state index in [1.807, 2.05) is 27.7 Å². The molecule has 4 atom stereocenters. The monoisotopic (exact) mass is 396 g/mol. The molecule has 0 spiro atoms. The molecule has 0 radical (unpaired) electrons. The van der Waals surface area contributed by atoms with E-state index < -0.39 is 34.7 Å². The van der Waals surface area contributed by atoms with Crippen LogP contribution in [0.5, 0.6) is 0 Å². The van der Waals surface area contributed by atoms with E-state index in [4.69, 9.17) is 4.74 Å². The van der Waals surface area contributed by atoms with Crippen molar-refractivity contribution in [3.05, 3.63) is 0 Å². The van der Waals surface area contributed by atoms with Gasteiger partial charge in [-0.05, 0) is 57.3 Å². The molecule has 2 rings (SSSR count). The number of carbonyl (C=O) groups excluding carboxylic acids is 2. The number of fused-ring (bicyclic) bond motifs is 1. The van der Waals surface area contributed by atoms with Crippen LogP contribution in [0.1, 0.15) is 74.1 Å². The highest BCUT2D eigenvalue weighted by atomic mass is 16.6. The van der Waals surface area contributed by atoms with E-state index in [0.717, 1.165) is 19.3 Å². The van der Waals surface area contributed by atoms with Crippen LogP contribution in [0.25, 0.3) is 0 Å². The van der Waals surface area contributed by atoms with Gasteiger partial charge in [-0.25, -0.2) is 9.59 Å². The van der Waals surface area contributed by atoms with Crippen LogP contribution in [0.15, 0.2) is 0 Å². The van der Waals surface area contributed by atoms with Crippen LogP contribution in [0.4, 0.5) is 4.79 Å². The Morgan fingerprint density at radius 2 is 1.79 bits per heavy atom. The van der Waals surface area contributed by atoms with E-state index in [1.54, 1.807) is 20.8 Å². The van der Waals surface area contributed by atoms with E-state index in [2.05, 4.69) is 5.32 Å².